The molecule has 1 aliphatic heterocycles. The first-order chi connectivity index (χ1) is 12.0. The van der Waals surface area contributed by atoms with Gasteiger partial charge in [-0.05, 0) is 24.1 Å². The summed E-state index contributed by atoms with van der Waals surface area (Å²) in [5.74, 6) is -1.80. The molecule has 1 saturated heterocycles. The van der Waals surface area contributed by atoms with Crippen molar-refractivity contribution in [2.24, 2.45) is 0 Å². The summed E-state index contributed by atoms with van der Waals surface area (Å²) in [5.41, 5.74) is -0.693. The summed E-state index contributed by atoms with van der Waals surface area (Å²) in [4.78, 5) is 38.4. The summed E-state index contributed by atoms with van der Waals surface area (Å²) in [6.07, 6.45) is 0.339. The second kappa shape index (κ2) is 6.47. The fourth-order valence-electron chi connectivity index (χ4n) is 3.05. The Labute approximate surface area is 144 Å². The Morgan fingerprint density at radius 3 is 2.36 bits per heavy atom. The molecule has 3 amide bonds. The van der Waals surface area contributed by atoms with Crippen LogP contribution < -0.4 is 5.32 Å². The van der Waals surface area contributed by atoms with E-state index in [9.17, 15) is 18.8 Å². The van der Waals surface area contributed by atoms with Crippen molar-refractivity contribution >= 4 is 17.7 Å². The molecule has 0 aliphatic carbocycles. The van der Waals surface area contributed by atoms with Crippen molar-refractivity contribution in [2.75, 3.05) is 6.54 Å². The topological polar surface area (TPSA) is 66.5 Å². The highest BCUT2D eigenvalue weighted by Gasteiger charge is 2.51. The van der Waals surface area contributed by atoms with Crippen LogP contribution in [0.4, 0.5) is 9.18 Å². The Morgan fingerprint density at radius 2 is 1.72 bits per heavy atom. The van der Waals surface area contributed by atoms with Crippen molar-refractivity contribution in [3.63, 3.8) is 0 Å². The van der Waals surface area contributed by atoms with Crippen LogP contribution in [-0.2, 0) is 10.3 Å². The van der Waals surface area contributed by atoms with E-state index in [2.05, 4.69) is 5.32 Å². The molecule has 25 heavy (non-hydrogen) atoms. The maximum Gasteiger partial charge on any atom is 0.325 e. The number of imide groups is 1. The number of halogens is 1. The van der Waals surface area contributed by atoms with Gasteiger partial charge in [-0.3, -0.25) is 14.5 Å². The van der Waals surface area contributed by atoms with Gasteiger partial charge in [-0.15, -0.1) is 0 Å². The average molecular weight is 340 g/mol. The summed E-state index contributed by atoms with van der Waals surface area (Å²) in [5, 5.41) is 2.70. The highest BCUT2D eigenvalue weighted by Crippen LogP contribution is 2.32. The smallest absolute Gasteiger partial charge is 0.319 e. The summed E-state index contributed by atoms with van der Waals surface area (Å²) >= 11 is 0. The number of amides is 3. The van der Waals surface area contributed by atoms with Crippen LogP contribution in [0.2, 0.25) is 0 Å². The zero-order valence-corrected chi connectivity index (χ0v) is 13.7. The predicted octanol–water partition coefficient (Wildman–Crippen LogP) is 2.87. The van der Waals surface area contributed by atoms with Gasteiger partial charge in [0, 0.05) is 0 Å². The Kier molecular flexibility index (Phi) is 4.35. The molecule has 0 spiro atoms. The molecule has 6 heteroatoms. The molecular weight excluding hydrogens is 323 g/mol. The van der Waals surface area contributed by atoms with E-state index in [1.165, 1.54) is 24.3 Å². The Bertz CT molecular complexity index is 838. The van der Waals surface area contributed by atoms with Crippen molar-refractivity contribution in [3.05, 3.63) is 71.5 Å². The Hall–Kier alpha value is -3.02. The maximum absolute atomic E-state index is 13.8. The van der Waals surface area contributed by atoms with E-state index in [0.29, 0.717) is 12.0 Å². The van der Waals surface area contributed by atoms with E-state index in [1.54, 1.807) is 31.2 Å². The lowest BCUT2D eigenvalue weighted by Gasteiger charge is -2.25. The highest BCUT2D eigenvalue weighted by molar-refractivity contribution is 6.11. The summed E-state index contributed by atoms with van der Waals surface area (Å²) in [6.45, 7) is 1.29. The van der Waals surface area contributed by atoms with Crippen molar-refractivity contribution in [1.82, 2.24) is 10.2 Å². The minimum absolute atomic E-state index is 0.142. The molecule has 2 aromatic carbocycles. The SMILES string of the molecule is CC[C@@]1(c2ccccc2)NC(=O)N(CC(=O)c2ccccc2F)C1=O. The minimum atomic E-state index is -1.20. The molecule has 1 fully saturated rings. The molecule has 2 aromatic rings. The lowest BCUT2D eigenvalue weighted by Crippen LogP contribution is -2.43. The number of hydrogen-bond donors (Lipinski definition) is 1. The predicted molar refractivity (Wildman–Crippen MR) is 89.4 cm³/mol. The number of ketones is 1. The number of benzene rings is 2. The van der Waals surface area contributed by atoms with Gasteiger partial charge in [0.2, 0.25) is 0 Å². The zero-order valence-electron chi connectivity index (χ0n) is 13.7. The van der Waals surface area contributed by atoms with E-state index >= 15 is 0 Å². The Morgan fingerprint density at radius 1 is 1.08 bits per heavy atom. The second-order valence-electron chi connectivity index (χ2n) is 5.85. The van der Waals surface area contributed by atoms with E-state index < -0.39 is 35.6 Å². The number of carbonyl (C=O) groups is 3. The van der Waals surface area contributed by atoms with Gasteiger partial charge in [-0.1, -0.05) is 49.4 Å². The number of nitrogens with one attached hydrogen (secondary N) is 1. The van der Waals surface area contributed by atoms with Gasteiger partial charge < -0.3 is 5.32 Å². The van der Waals surface area contributed by atoms with Crippen LogP contribution in [0.1, 0.15) is 29.3 Å². The molecule has 128 valence electrons. The third-order valence-corrected chi connectivity index (χ3v) is 4.45. The van der Waals surface area contributed by atoms with Crippen LogP contribution in [0.5, 0.6) is 0 Å². The van der Waals surface area contributed by atoms with Crippen LogP contribution in [0.25, 0.3) is 0 Å². The monoisotopic (exact) mass is 340 g/mol. The van der Waals surface area contributed by atoms with Crippen LogP contribution in [0.3, 0.4) is 0 Å². The zero-order chi connectivity index (χ0) is 18.0. The molecule has 1 heterocycles. The maximum atomic E-state index is 13.8. The molecule has 1 aliphatic rings. The van der Waals surface area contributed by atoms with Crippen LogP contribution >= 0.6 is 0 Å². The van der Waals surface area contributed by atoms with Gasteiger partial charge in [0.15, 0.2) is 5.78 Å². The molecule has 0 aromatic heterocycles. The Balaban J connectivity index is 1.89. The van der Waals surface area contributed by atoms with Crippen LogP contribution in [0, 0.1) is 5.82 Å². The van der Waals surface area contributed by atoms with Gasteiger partial charge in [-0.2, -0.15) is 0 Å². The quantitative estimate of drug-likeness (QED) is 0.672. The molecule has 0 unspecified atom stereocenters. The molecule has 0 bridgehead atoms. The number of nitrogens with zero attached hydrogens (tertiary/aromatic N) is 1. The summed E-state index contributed by atoms with van der Waals surface area (Å²) < 4.78 is 13.8. The van der Waals surface area contributed by atoms with E-state index in [1.807, 2.05) is 6.07 Å². The largest absolute Gasteiger partial charge is 0.325 e. The molecule has 1 atom stereocenters. The first kappa shape index (κ1) is 16.8. The second-order valence-corrected chi connectivity index (χ2v) is 5.85. The standard InChI is InChI=1S/C19H17FN2O3/c1-2-19(13-8-4-3-5-9-13)17(24)22(18(25)21-19)12-16(23)14-10-6-7-11-15(14)20/h3-11H,2,12H2,1H3,(H,21,25)/t19-/m0/s1. The molecular formula is C19H17FN2O3. The molecule has 5 nitrogen and oxygen atoms in total. The van der Waals surface area contributed by atoms with Crippen LogP contribution in [0.15, 0.2) is 54.6 Å². The fourth-order valence-corrected chi connectivity index (χ4v) is 3.05. The number of carbonyl (C=O) groups excluding carboxylic acids is 3. The molecule has 1 N–H and O–H groups in total. The third kappa shape index (κ3) is 2.80. The lowest BCUT2D eigenvalue weighted by molar-refractivity contribution is -0.131. The van der Waals surface area contributed by atoms with Gasteiger partial charge in [-0.25, -0.2) is 9.18 Å². The third-order valence-electron chi connectivity index (χ3n) is 4.45. The van der Waals surface area contributed by atoms with Crippen molar-refractivity contribution < 1.29 is 18.8 Å². The minimum Gasteiger partial charge on any atom is -0.319 e. The van der Waals surface area contributed by atoms with Gasteiger partial charge >= 0.3 is 6.03 Å². The van der Waals surface area contributed by atoms with E-state index in [-0.39, 0.29) is 5.56 Å². The van der Waals surface area contributed by atoms with Crippen molar-refractivity contribution in [2.45, 2.75) is 18.9 Å². The average Bonchev–Trinajstić information content (AvgIpc) is 2.88. The van der Waals surface area contributed by atoms with Gasteiger partial charge in [0.05, 0.1) is 12.1 Å². The summed E-state index contributed by atoms with van der Waals surface area (Å²) in [6, 6.07) is 13.7. The lowest BCUT2D eigenvalue weighted by atomic mass is 9.87. The van der Waals surface area contributed by atoms with Crippen molar-refractivity contribution in [3.8, 4) is 0 Å². The van der Waals surface area contributed by atoms with Crippen LogP contribution in [-0.4, -0.2) is 29.2 Å². The molecule has 0 saturated carbocycles. The van der Waals surface area contributed by atoms with Gasteiger partial charge in [0.1, 0.15) is 11.4 Å². The highest BCUT2D eigenvalue weighted by atomic mass is 19.1. The first-order valence-corrected chi connectivity index (χ1v) is 7.97. The number of rotatable bonds is 5. The fraction of sp³-hybridized carbons (Fsp3) is 0.211. The molecule has 0 radical (unpaired) electrons. The van der Waals surface area contributed by atoms with Crippen molar-refractivity contribution in [1.29, 1.82) is 0 Å². The number of urea groups is 1. The summed E-state index contributed by atoms with van der Waals surface area (Å²) in [7, 11) is 0. The van der Waals surface area contributed by atoms with E-state index in [0.717, 1.165) is 4.90 Å². The van der Waals surface area contributed by atoms with E-state index in [4.69, 9.17) is 0 Å². The number of hydrogen-bond acceptors (Lipinski definition) is 3. The number of Topliss-reactive ketones (excluding diaryl/α,β-unsaturated/α-hetero) is 1. The molecule has 3 rings (SSSR count). The normalized spacial score (nSPS) is 19.8. The van der Waals surface area contributed by atoms with Gasteiger partial charge in [0.25, 0.3) is 5.91 Å². The first-order valence-electron chi connectivity index (χ1n) is 7.97.